The van der Waals surface area contributed by atoms with Gasteiger partial charge in [-0.15, -0.1) is 0 Å². The Bertz CT molecular complexity index is 604. The lowest BCUT2D eigenvalue weighted by molar-refractivity contribution is 0.0342. The number of hydrogen-bond acceptors (Lipinski definition) is 3. The molecule has 2 aromatic carbocycles. The van der Waals surface area contributed by atoms with E-state index in [1.165, 1.54) is 16.7 Å². The van der Waals surface area contributed by atoms with Crippen molar-refractivity contribution in [3.05, 3.63) is 59.7 Å². The van der Waals surface area contributed by atoms with Crippen LogP contribution in [0.1, 0.15) is 15.9 Å². The Kier molecular flexibility index (Phi) is 4.43. The largest absolute Gasteiger partial charge is 0.379 e. The number of aldehydes is 1. The van der Waals surface area contributed by atoms with E-state index in [4.69, 9.17) is 4.74 Å². The Morgan fingerprint density at radius 3 is 2.52 bits per heavy atom. The van der Waals surface area contributed by atoms with E-state index in [0.717, 1.165) is 44.7 Å². The van der Waals surface area contributed by atoms with E-state index in [1.54, 1.807) is 0 Å². The number of rotatable bonds is 4. The maximum atomic E-state index is 11.1. The SMILES string of the molecule is O=Cc1ccc(-c2ccccc2)c(CN2CCOCC2)c1. The molecule has 1 fully saturated rings. The molecule has 0 atom stereocenters. The lowest BCUT2D eigenvalue weighted by Gasteiger charge is -2.27. The van der Waals surface area contributed by atoms with Gasteiger partial charge in [0.25, 0.3) is 0 Å². The van der Waals surface area contributed by atoms with Crippen LogP contribution in [0.5, 0.6) is 0 Å². The second-order valence-electron chi connectivity index (χ2n) is 5.29. The molecule has 1 aliphatic heterocycles. The van der Waals surface area contributed by atoms with Crippen LogP contribution in [0.3, 0.4) is 0 Å². The molecule has 0 bridgehead atoms. The second kappa shape index (κ2) is 6.66. The maximum absolute atomic E-state index is 11.1. The van der Waals surface area contributed by atoms with Crippen molar-refractivity contribution in [2.45, 2.75) is 6.54 Å². The van der Waals surface area contributed by atoms with Gasteiger partial charge in [-0.1, -0.05) is 42.5 Å². The van der Waals surface area contributed by atoms with Gasteiger partial charge in [0.15, 0.2) is 0 Å². The third-order valence-corrected chi connectivity index (χ3v) is 3.85. The summed E-state index contributed by atoms with van der Waals surface area (Å²) in [6.45, 7) is 4.32. The van der Waals surface area contributed by atoms with Crippen LogP contribution in [0.4, 0.5) is 0 Å². The Hall–Kier alpha value is -1.97. The molecule has 1 heterocycles. The van der Waals surface area contributed by atoms with Crippen molar-refractivity contribution >= 4 is 6.29 Å². The minimum absolute atomic E-state index is 0.734. The van der Waals surface area contributed by atoms with Gasteiger partial charge < -0.3 is 4.74 Å². The summed E-state index contributed by atoms with van der Waals surface area (Å²) in [5.41, 5.74) is 4.33. The summed E-state index contributed by atoms with van der Waals surface area (Å²) in [6, 6.07) is 16.3. The van der Waals surface area contributed by atoms with Crippen molar-refractivity contribution < 1.29 is 9.53 Å². The van der Waals surface area contributed by atoms with Gasteiger partial charge in [-0.2, -0.15) is 0 Å². The van der Waals surface area contributed by atoms with Crippen LogP contribution in [0.2, 0.25) is 0 Å². The number of benzene rings is 2. The first-order valence-electron chi connectivity index (χ1n) is 7.30. The third-order valence-electron chi connectivity index (χ3n) is 3.85. The van der Waals surface area contributed by atoms with Crippen LogP contribution >= 0.6 is 0 Å². The quantitative estimate of drug-likeness (QED) is 0.807. The van der Waals surface area contributed by atoms with E-state index >= 15 is 0 Å². The Morgan fingerprint density at radius 1 is 1.05 bits per heavy atom. The van der Waals surface area contributed by atoms with Crippen molar-refractivity contribution in [2.75, 3.05) is 26.3 Å². The molecule has 2 aromatic rings. The molecule has 3 rings (SSSR count). The van der Waals surface area contributed by atoms with Crippen LogP contribution in [-0.4, -0.2) is 37.5 Å². The summed E-state index contributed by atoms with van der Waals surface area (Å²) >= 11 is 0. The molecule has 1 saturated heterocycles. The summed E-state index contributed by atoms with van der Waals surface area (Å²) in [5, 5.41) is 0. The van der Waals surface area contributed by atoms with E-state index in [-0.39, 0.29) is 0 Å². The third kappa shape index (κ3) is 3.38. The predicted octanol–water partition coefficient (Wildman–Crippen LogP) is 3.00. The van der Waals surface area contributed by atoms with Crippen molar-refractivity contribution in [1.82, 2.24) is 4.90 Å². The number of carbonyl (C=O) groups excluding carboxylic acids is 1. The van der Waals surface area contributed by atoms with Crippen LogP contribution in [0.15, 0.2) is 48.5 Å². The zero-order valence-corrected chi connectivity index (χ0v) is 12.0. The molecule has 3 nitrogen and oxygen atoms in total. The molecule has 0 unspecified atom stereocenters. The average molecular weight is 281 g/mol. The van der Waals surface area contributed by atoms with Crippen LogP contribution < -0.4 is 0 Å². The maximum Gasteiger partial charge on any atom is 0.150 e. The van der Waals surface area contributed by atoms with Gasteiger partial charge >= 0.3 is 0 Å². The van der Waals surface area contributed by atoms with Gasteiger partial charge in [-0.05, 0) is 22.8 Å². The topological polar surface area (TPSA) is 29.5 Å². The van der Waals surface area contributed by atoms with Crippen molar-refractivity contribution in [2.24, 2.45) is 0 Å². The minimum atomic E-state index is 0.734. The van der Waals surface area contributed by atoms with Gasteiger partial charge in [0.2, 0.25) is 0 Å². The lowest BCUT2D eigenvalue weighted by Crippen LogP contribution is -2.35. The number of nitrogens with zero attached hydrogens (tertiary/aromatic N) is 1. The first-order valence-corrected chi connectivity index (χ1v) is 7.30. The minimum Gasteiger partial charge on any atom is -0.379 e. The monoisotopic (exact) mass is 281 g/mol. The molecule has 1 aliphatic rings. The standard InChI is InChI=1S/C18H19NO2/c20-14-15-6-7-18(16-4-2-1-3-5-16)17(12-15)13-19-8-10-21-11-9-19/h1-7,12,14H,8-11,13H2. The number of hydrogen-bond donors (Lipinski definition) is 0. The van der Waals surface area contributed by atoms with E-state index in [0.29, 0.717) is 0 Å². The fourth-order valence-corrected chi connectivity index (χ4v) is 2.72. The highest BCUT2D eigenvalue weighted by Gasteiger charge is 2.14. The fraction of sp³-hybridized carbons (Fsp3) is 0.278. The summed E-state index contributed by atoms with van der Waals surface area (Å²) < 4.78 is 5.40. The van der Waals surface area contributed by atoms with Crippen LogP contribution in [0, 0.1) is 0 Å². The van der Waals surface area contributed by atoms with E-state index in [9.17, 15) is 4.79 Å². The molecule has 0 spiro atoms. The lowest BCUT2D eigenvalue weighted by atomic mass is 9.97. The first-order chi connectivity index (χ1) is 10.4. The van der Waals surface area contributed by atoms with Crippen LogP contribution in [0.25, 0.3) is 11.1 Å². The van der Waals surface area contributed by atoms with E-state index in [2.05, 4.69) is 23.1 Å². The molecule has 0 radical (unpaired) electrons. The van der Waals surface area contributed by atoms with E-state index in [1.807, 2.05) is 30.3 Å². The molecule has 0 amide bonds. The Labute approximate surface area is 125 Å². The van der Waals surface area contributed by atoms with Crippen molar-refractivity contribution in [1.29, 1.82) is 0 Å². The van der Waals surface area contributed by atoms with E-state index < -0.39 is 0 Å². The summed E-state index contributed by atoms with van der Waals surface area (Å²) in [6.07, 6.45) is 0.914. The molecule has 3 heteroatoms. The van der Waals surface area contributed by atoms with Gasteiger partial charge in [-0.3, -0.25) is 9.69 Å². The van der Waals surface area contributed by atoms with Gasteiger partial charge in [0, 0.05) is 25.2 Å². The normalized spacial score (nSPS) is 15.8. The number of ether oxygens (including phenoxy) is 1. The number of morpholine rings is 1. The van der Waals surface area contributed by atoms with Crippen molar-refractivity contribution in [3.8, 4) is 11.1 Å². The summed E-state index contributed by atoms with van der Waals surface area (Å²) in [7, 11) is 0. The van der Waals surface area contributed by atoms with Crippen molar-refractivity contribution in [3.63, 3.8) is 0 Å². The highest BCUT2D eigenvalue weighted by Crippen LogP contribution is 2.25. The molecule has 0 N–H and O–H groups in total. The molecular weight excluding hydrogens is 262 g/mol. The zero-order chi connectivity index (χ0) is 14.5. The smallest absolute Gasteiger partial charge is 0.150 e. The number of carbonyl (C=O) groups is 1. The molecule has 0 aliphatic carbocycles. The molecule has 0 saturated carbocycles. The highest BCUT2D eigenvalue weighted by atomic mass is 16.5. The summed E-state index contributed by atoms with van der Waals surface area (Å²) in [5.74, 6) is 0. The first kappa shape index (κ1) is 14.0. The van der Waals surface area contributed by atoms with Gasteiger partial charge in [0.1, 0.15) is 6.29 Å². The zero-order valence-electron chi connectivity index (χ0n) is 12.0. The van der Waals surface area contributed by atoms with Crippen LogP contribution in [-0.2, 0) is 11.3 Å². The molecule has 108 valence electrons. The Balaban J connectivity index is 1.93. The van der Waals surface area contributed by atoms with Gasteiger partial charge in [-0.25, -0.2) is 0 Å². The van der Waals surface area contributed by atoms with Gasteiger partial charge in [0.05, 0.1) is 13.2 Å². The summed E-state index contributed by atoms with van der Waals surface area (Å²) in [4.78, 5) is 13.4. The highest BCUT2D eigenvalue weighted by molar-refractivity contribution is 5.78. The molecule has 21 heavy (non-hydrogen) atoms. The predicted molar refractivity (Wildman–Crippen MR) is 83.4 cm³/mol. The average Bonchev–Trinajstić information content (AvgIpc) is 2.56. The molecular formula is C18H19NO2. The second-order valence-corrected chi connectivity index (χ2v) is 5.29. The Morgan fingerprint density at radius 2 is 1.81 bits per heavy atom. The molecule has 0 aromatic heterocycles. The fourth-order valence-electron chi connectivity index (χ4n) is 2.72.